The van der Waals surface area contributed by atoms with E-state index in [1.54, 1.807) is 12.1 Å². The van der Waals surface area contributed by atoms with E-state index in [0.29, 0.717) is 16.2 Å². The van der Waals surface area contributed by atoms with Crippen LogP contribution in [0, 0.1) is 0 Å². The molecule has 2 N–H and O–H groups in total. The molecule has 0 spiro atoms. The predicted octanol–water partition coefficient (Wildman–Crippen LogP) is 2.00. The van der Waals surface area contributed by atoms with Crippen molar-refractivity contribution in [3.05, 3.63) is 17.3 Å². The number of fused-ring (bicyclic) bond motifs is 1. The van der Waals surface area contributed by atoms with Gasteiger partial charge in [-0.15, -0.1) is 0 Å². The first-order chi connectivity index (χ1) is 8.20. The standard InChI is InChI=1S/C10H10ClFN4O/c11-7-3-2-6-8(15-7)9(16-10(13)14-6)17-5-1-4-12/h2-3H,1,4-5H2,(H2,13,14,16). The normalized spacial score (nSPS) is 10.7. The van der Waals surface area contributed by atoms with Crippen LogP contribution in [0.25, 0.3) is 11.0 Å². The third kappa shape index (κ3) is 2.71. The van der Waals surface area contributed by atoms with Crippen molar-refractivity contribution in [2.75, 3.05) is 19.0 Å². The third-order valence-electron chi connectivity index (χ3n) is 2.01. The second-order valence-corrected chi connectivity index (χ2v) is 3.67. The molecule has 0 atom stereocenters. The van der Waals surface area contributed by atoms with E-state index in [9.17, 15) is 4.39 Å². The number of nitrogen functional groups attached to an aromatic ring is 1. The molecule has 0 amide bonds. The van der Waals surface area contributed by atoms with E-state index in [0.717, 1.165) is 0 Å². The lowest BCUT2D eigenvalue weighted by Gasteiger charge is -2.07. The van der Waals surface area contributed by atoms with E-state index in [-0.39, 0.29) is 24.9 Å². The van der Waals surface area contributed by atoms with Crippen molar-refractivity contribution in [3.8, 4) is 5.88 Å². The van der Waals surface area contributed by atoms with Crippen molar-refractivity contribution in [1.29, 1.82) is 0 Å². The number of pyridine rings is 1. The molecule has 0 aromatic carbocycles. The van der Waals surface area contributed by atoms with Crippen molar-refractivity contribution in [2.24, 2.45) is 0 Å². The van der Waals surface area contributed by atoms with Crippen LogP contribution in [0.15, 0.2) is 12.1 Å². The summed E-state index contributed by atoms with van der Waals surface area (Å²) < 4.78 is 17.3. The van der Waals surface area contributed by atoms with E-state index in [4.69, 9.17) is 22.1 Å². The molecule has 0 saturated heterocycles. The first-order valence-electron chi connectivity index (χ1n) is 4.99. The molecule has 0 radical (unpaired) electrons. The van der Waals surface area contributed by atoms with Gasteiger partial charge < -0.3 is 10.5 Å². The van der Waals surface area contributed by atoms with Gasteiger partial charge in [0.1, 0.15) is 5.15 Å². The third-order valence-corrected chi connectivity index (χ3v) is 2.22. The number of nitrogens with zero attached hydrogens (tertiary/aromatic N) is 3. The van der Waals surface area contributed by atoms with E-state index in [1.165, 1.54) is 0 Å². The molecule has 17 heavy (non-hydrogen) atoms. The van der Waals surface area contributed by atoms with E-state index in [2.05, 4.69) is 15.0 Å². The molecular weight excluding hydrogens is 247 g/mol. The Bertz CT molecular complexity index is 537. The molecule has 0 aliphatic carbocycles. The predicted molar refractivity (Wildman–Crippen MR) is 62.8 cm³/mol. The Balaban J connectivity index is 2.40. The Labute approximate surface area is 102 Å². The number of ether oxygens (including phenoxy) is 1. The smallest absolute Gasteiger partial charge is 0.245 e. The summed E-state index contributed by atoms with van der Waals surface area (Å²) in [7, 11) is 0. The average molecular weight is 257 g/mol. The van der Waals surface area contributed by atoms with Gasteiger partial charge in [0.15, 0.2) is 5.52 Å². The Morgan fingerprint density at radius 2 is 2.12 bits per heavy atom. The summed E-state index contributed by atoms with van der Waals surface area (Å²) in [6.45, 7) is -0.247. The molecule has 5 nitrogen and oxygen atoms in total. The van der Waals surface area contributed by atoms with Gasteiger partial charge in [-0.25, -0.2) is 9.97 Å². The largest absolute Gasteiger partial charge is 0.476 e. The maximum absolute atomic E-state index is 12.0. The first-order valence-corrected chi connectivity index (χ1v) is 5.37. The number of aromatic nitrogens is 3. The molecule has 0 aliphatic rings. The van der Waals surface area contributed by atoms with E-state index < -0.39 is 6.67 Å². The molecule has 0 aliphatic heterocycles. The topological polar surface area (TPSA) is 73.9 Å². The first kappa shape index (κ1) is 11.8. The summed E-state index contributed by atoms with van der Waals surface area (Å²) in [5.74, 6) is 0.306. The minimum Gasteiger partial charge on any atom is -0.476 e. The Hall–Kier alpha value is -1.69. The molecule has 90 valence electrons. The number of rotatable bonds is 4. The van der Waals surface area contributed by atoms with Crippen LogP contribution in [0.1, 0.15) is 6.42 Å². The van der Waals surface area contributed by atoms with Crippen LogP contribution in [0.5, 0.6) is 5.88 Å². The monoisotopic (exact) mass is 256 g/mol. The second kappa shape index (κ2) is 5.09. The van der Waals surface area contributed by atoms with Crippen LogP contribution in [0.4, 0.5) is 10.3 Å². The molecule has 2 aromatic heterocycles. The molecule has 0 bridgehead atoms. The summed E-state index contributed by atoms with van der Waals surface area (Å²) >= 11 is 5.78. The van der Waals surface area contributed by atoms with Crippen LogP contribution < -0.4 is 10.5 Å². The van der Waals surface area contributed by atoms with E-state index >= 15 is 0 Å². The van der Waals surface area contributed by atoms with Gasteiger partial charge in [-0.1, -0.05) is 11.6 Å². The van der Waals surface area contributed by atoms with Crippen molar-refractivity contribution in [2.45, 2.75) is 6.42 Å². The molecular formula is C10H10ClFN4O. The highest BCUT2D eigenvalue weighted by atomic mass is 35.5. The van der Waals surface area contributed by atoms with Crippen molar-refractivity contribution >= 4 is 28.6 Å². The van der Waals surface area contributed by atoms with Crippen LogP contribution in [-0.2, 0) is 0 Å². The number of hydrogen-bond donors (Lipinski definition) is 1. The van der Waals surface area contributed by atoms with Crippen molar-refractivity contribution in [1.82, 2.24) is 15.0 Å². The fraction of sp³-hybridized carbons (Fsp3) is 0.300. The lowest BCUT2D eigenvalue weighted by molar-refractivity contribution is 0.283. The van der Waals surface area contributed by atoms with Gasteiger partial charge in [0.2, 0.25) is 11.8 Å². The summed E-state index contributed by atoms with van der Waals surface area (Å²) in [4.78, 5) is 12.0. The highest BCUT2D eigenvalue weighted by Gasteiger charge is 2.09. The minimum atomic E-state index is -0.452. The molecule has 0 unspecified atom stereocenters. The Morgan fingerprint density at radius 3 is 2.88 bits per heavy atom. The average Bonchev–Trinajstić information content (AvgIpc) is 2.30. The highest BCUT2D eigenvalue weighted by molar-refractivity contribution is 6.29. The van der Waals surface area contributed by atoms with Gasteiger partial charge in [0.05, 0.1) is 18.8 Å². The SMILES string of the molecule is Nc1nc(OCCCF)c2nc(Cl)ccc2n1. The molecule has 2 aromatic rings. The Morgan fingerprint density at radius 1 is 1.29 bits per heavy atom. The summed E-state index contributed by atoms with van der Waals surface area (Å²) in [6, 6.07) is 3.27. The molecule has 2 rings (SSSR count). The number of alkyl halides is 1. The van der Waals surface area contributed by atoms with Crippen molar-refractivity contribution in [3.63, 3.8) is 0 Å². The van der Waals surface area contributed by atoms with Gasteiger partial charge >= 0.3 is 0 Å². The zero-order chi connectivity index (χ0) is 12.3. The second-order valence-electron chi connectivity index (χ2n) is 3.28. The van der Waals surface area contributed by atoms with Crippen LogP contribution in [0.3, 0.4) is 0 Å². The lowest BCUT2D eigenvalue weighted by atomic mass is 10.3. The van der Waals surface area contributed by atoms with Crippen LogP contribution in [0.2, 0.25) is 5.15 Å². The molecule has 0 saturated carbocycles. The maximum atomic E-state index is 12.0. The Kier molecular flexibility index (Phi) is 3.53. The molecule has 0 fully saturated rings. The van der Waals surface area contributed by atoms with Gasteiger partial charge in [0, 0.05) is 6.42 Å². The number of hydrogen-bond acceptors (Lipinski definition) is 5. The number of halogens is 2. The van der Waals surface area contributed by atoms with Crippen LogP contribution >= 0.6 is 11.6 Å². The lowest BCUT2D eigenvalue weighted by Crippen LogP contribution is -2.04. The van der Waals surface area contributed by atoms with E-state index in [1.807, 2.05) is 0 Å². The zero-order valence-electron chi connectivity index (χ0n) is 8.86. The molecule has 7 heteroatoms. The quantitative estimate of drug-likeness (QED) is 0.669. The van der Waals surface area contributed by atoms with Gasteiger partial charge in [-0.2, -0.15) is 4.98 Å². The van der Waals surface area contributed by atoms with Gasteiger partial charge in [-0.3, -0.25) is 4.39 Å². The maximum Gasteiger partial charge on any atom is 0.245 e. The summed E-state index contributed by atoms with van der Waals surface area (Å²) in [5.41, 5.74) is 6.49. The fourth-order valence-corrected chi connectivity index (χ4v) is 1.45. The number of anilines is 1. The summed E-state index contributed by atoms with van der Waals surface area (Å²) in [6.07, 6.45) is 0.284. The van der Waals surface area contributed by atoms with Gasteiger partial charge in [0.25, 0.3) is 0 Å². The van der Waals surface area contributed by atoms with Crippen LogP contribution in [-0.4, -0.2) is 28.2 Å². The number of nitrogens with two attached hydrogens (primary N) is 1. The highest BCUT2D eigenvalue weighted by Crippen LogP contribution is 2.23. The van der Waals surface area contributed by atoms with Gasteiger partial charge in [-0.05, 0) is 12.1 Å². The zero-order valence-corrected chi connectivity index (χ0v) is 9.62. The minimum absolute atomic E-state index is 0.0804. The molecule has 2 heterocycles. The fourth-order valence-electron chi connectivity index (χ4n) is 1.31. The van der Waals surface area contributed by atoms with Crippen molar-refractivity contribution < 1.29 is 9.13 Å². The summed E-state index contributed by atoms with van der Waals surface area (Å²) in [5, 5.41) is 0.307.